The summed E-state index contributed by atoms with van der Waals surface area (Å²) in [5.41, 5.74) is 2.24. The van der Waals surface area contributed by atoms with Crippen LogP contribution in [-0.2, 0) is 42.9 Å². The molecule has 0 saturated carbocycles. The average molecular weight is 447 g/mol. The van der Waals surface area contributed by atoms with E-state index < -0.39 is 25.3 Å². The van der Waals surface area contributed by atoms with E-state index in [1.54, 1.807) is 0 Å². The van der Waals surface area contributed by atoms with Crippen LogP contribution in [-0.4, -0.2) is 43.8 Å². The van der Waals surface area contributed by atoms with Crippen molar-refractivity contribution in [1.82, 2.24) is 10.6 Å². The van der Waals surface area contributed by atoms with Crippen LogP contribution in [0.4, 0.5) is 0 Å². The van der Waals surface area contributed by atoms with E-state index >= 15 is 0 Å². The molecule has 2 aromatic rings. The largest absolute Gasteiger partial charge is 0.355 e. The Bertz CT molecular complexity index is 841. The smallest absolute Gasteiger partial charge is 0.281 e. The number of rotatable bonds is 8. The molecule has 2 rings (SSSR count). The Morgan fingerprint density at radius 3 is 1.17 bits per heavy atom. The van der Waals surface area contributed by atoms with E-state index in [0.717, 1.165) is 11.1 Å². The van der Waals surface area contributed by atoms with Crippen molar-refractivity contribution < 1.29 is 35.5 Å². The van der Waals surface area contributed by atoms with Crippen molar-refractivity contribution in [2.75, 3.05) is 5.08 Å². The molecule has 0 aromatic heterocycles. The number of hydrogen-bond acceptors (Lipinski definition) is 6. The van der Waals surface area contributed by atoms with Crippen molar-refractivity contribution in [2.45, 2.75) is 13.1 Å². The van der Waals surface area contributed by atoms with Crippen molar-refractivity contribution in [3.05, 3.63) is 71.8 Å². The number of amides is 2. The SMILES string of the molecule is O=CNCc1ccccc1.O=CNCc1ccccc1.O=S(=O)(O)CS(=O)(=O)O. The van der Waals surface area contributed by atoms with Crippen LogP contribution in [0.1, 0.15) is 11.1 Å². The zero-order valence-corrected chi connectivity index (χ0v) is 16.8. The third-order valence-electron chi connectivity index (χ3n) is 2.76. The zero-order valence-electron chi connectivity index (χ0n) is 15.2. The van der Waals surface area contributed by atoms with Gasteiger partial charge in [-0.25, -0.2) is 0 Å². The van der Waals surface area contributed by atoms with Gasteiger partial charge in [-0.15, -0.1) is 0 Å². The molecule has 4 N–H and O–H groups in total. The van der Waals surface area contributed by atoms with Gasteiger partial charge < -0.3 is 10.6 Å². The lowest BCUT2D eigenvalue weighted by Crippen LogP contribution is -2.13. The Morgan fingerprint density at radius 2 is 0.966 bits per heavy atom. The van der Waals surface area contributed by atoms with Gasteiger partial charge in [-0.2, -0.15) is 16.8 Å². The molecule has 12 heteroatoms. The molecule has 0 atom stereocenters. The van der Waals surface area contributed by atoms with E-state index in [1.165, 1.54) is 0 Å². The average Bonchev–Trinajstić information content (AvgIpc) is 2.64. The lowest BCUT2D eigenvalue weighted by Gasteiger charge is -1.96. The molecule has 0 aliphatic rings. The van der Waals surface area contributed by atoms with Crippen LogP contribution in [0.2, 0.25) is 0 Å². The molecule has 0 aliphatic carbocycles. The highest BCUT2D eigenvalue weighted by molar-refractivity contribution is 8.02. The molecule has 0 heterocycles. The predicted molar refractivity (Wildman–Crippen MR) is 107 cm³/mol. The van der Waals surface area contributed by atoms with Crippen LogP contribution in [0.5, 0.6) is 0 Å². The first-order valence-corrected chi connectivity index (χ1v) is 11.1. The van der Waals surface area contributed by atoms with Gasteiger partial charge in [-0.05, 0) is 11.1 Å². The quantitative estimate of drug-likeness (QED) is 0.337. The highest BCUT2D eigenvalue weighted by Gasteiger charge is 2.15. The minimum Gasteiger partial charge on any atom is -0.355 e. The molecule has 0 spiro atoms. The standard InChI is InChI=1S/2C8H9NO.CH4O6S2/c2*10-7-9-6-8-4-2-1-3-5-8;2-8(3,4)1-9(5,6)7/h2*1-5,7H,6H2,(H,9,10);1H2,(H,2,3,4)(H,5,6,7). The fourth-order valence-corrected chi connectivity index (χ4v) is 3.20. The lowest BCUT2D eigenvalue weighted by molar-refractivity contribution is -0.110. The number of carbonyl (C=O) groups excluding carboxylic acids is 2. The minimum absolute atomic E-state index is 0.615. The van der Waals surface area contributed by atoms with E-state index in [-0.39, 0.29) is 0 Å². The van der Waals surface area contributed by atoms with E-state index in [2.05, 4.69) is 10.6 Å². The summed E-state index contributed by atoms with van der Waals surface area (Å²) in [4.78, 5) is 19.7. The first-order valence-electron chi connectivity index (χ1n) is 7.89. The fourth-order valence-electron chi connectivity index (χ4n) is 1.70. The van der Waals surface area contributed by atoms with Crippen LogP contribution >= 0.6 is 0 Å². The number of benzene rings is 2. The van der Waals surface area contributed by atoms with Gasteiger partial charge in [0.05, 0.1) is 0 Å². The summed E-state index contributed by atoms with van der Waals surface area (Å²) in [6.45, 7) is 1.23. The monoisotopic (exact) mass is 446 g/mol. The molecule has 2 amide bonds. The van der Waals surface area contributed by atoms with Crippen LogP contribution < -0.4 is 10.6 Å². The van der Waals surface area contributed by atoms with Gasteiger partial charge >= 0.3 is 0 Å². The number of hydrogen-bond donors (Lipinski definition) is 4. The second-order valence-corrected chi connectivity index (χ2v) is 8.52. The topological polar surface area (TPSA) is 167 Å². The molecule has 0 unspecified atom stereocenters. The number of nitrogens with one attached hydrogen (secondary N) is 2. The number of carbonyl (C=O) groups is 2. The molecule has 2 aromatic carbocycles. The molecule has 0 saturated heterocycles. The minimum atomic E-state index is -4.62. The first kappa shape index (κ1) is 26.2. The van der Waals surface area contributed by atoms with Gasteiger partial charge in [0.2, 0.25) is 17.9 Å². The Labute approximate surface area is 169 Å². The second-order valence-electron chi connectivity index (χ2n) is 5.25. The first-order chi connectivity index (χ1) is 13.6. The molecule has 10 nitrogen and oxygen atoms in total. The van der Waals surface area contributed by atoms with Gasteiger partial charge in [0.25, 0.3) is 20.2 Å². The third-order valence-corrected chi connectivity index (χ3v) is 5.15. The van der Waals surface area contributed by atoms with Gasteiger partial charge in [0, 0.05) is 13.1 Å². The second kappa shape index (κ2) is 14.2. The van der Waals surface area contributed by atoms with Gasteiger partial charge in [-0.1, -0.05) is 60.7 Å². The van der Waals surface area contributed by atoms with Crippen molar-refractivity contribution in [2.24, 2.45) is 0 Å². The highest BCUT2D eigenvalue weighted by Crippen LogP contribution is 1.96. The van der Waals surface area contributed by atoms with Gasteiger partial charge in [-0.3, -0.25) is 18.7 Å². The van der Waals surface area contributed by atoms with Crippen molar-refractivity contribution in [3.8, 4) is 0 Å². The Hall–Kier alpha value is -2.80. The molecular formula is C17H22N2O8S2. The summed E-state index contributed by atoms with van der Waals surface area (Å²) < 4.78 is 54.2. The zero-order chi connectivity index (χ0) is 22.2. The van der Waals surface area contributed by atoms with Gasteiger partial charge in [0.1, 0.15) is 0 Å². The van der Waals surface area contributed by atoms with Gasteiger partial charge in [0.15, 0.2) is 0 Å². The summed E-state index contributed by atoms with van der Waals surface area (Å²) >= 11 is 0. The molecule has 0 radical (unpaired) electrons. The van der Waals surface area contributed by atoms with Crippen LogP contribution in [0.3, 0.4) is 0 Å². The predicted octanol–water partition coefficient (Wildman–Crippen LogP) is 0.585. The van der Waals surface area contributed by atoms with E-state index in [1.807, 2.05) is 60.7 Å². The summed E-state index contributed by atoms with van der Waals surface area (Å²) in [5.74, 6) is 0. The molecule has 29 heavy (non-hydrogen) atoms. The normalized spacial score (nSPS) is 10.3. The maximum Gasteiger partial charge on any atom is 0.281 e. The van der Waals surface area contributed by atoms with Crippen LogP contribution in [0, 0.1) is 0 Å². The van der Waals surface area contributed by atoms with E-state index in [0.29, 0.717) is 25.9 Å². The lowest BCUT2D eigenvalue weighted by atomic mass is 10.2. The molecule has 0 aliphatic heterocycles. The van der Waals surface area contributed by atoms with E-state index in [4.69, 9.17) is 9.11 Å². The maximum atomic E-state index is 9.87. The molecule has 160 valence electrons. The Kier molecular flexibility index (Phi) is 12.9. The molecule has 0 bridgehead atoms. The van der Waals surface area contributed by atoms with Crippen molar-refractivity contribution in [3.63, 3.8) is 0 Å². The fraction of sp³-hybridized carbons (Fsp3) is 0.176. The highest BCUT2D eigenvalue weighted by atomic mass is 32.3. The summed E-state index contributed by atoms with van der Waals surface area (Å²) in [6, 6.07) is 19.6. The van der Waals surface area contributed by atoms with Crippen molar-refractivity contribution in [1.29, 1.82) is 0 Å². The van der Waals surface area contributed by atoms with Crippen molar-refractivity contribution >= 4 is 33.1 Å². The maximum absolute atomic E-state index is 9.87. The van der Waals surface area contributed by atoms with Crippen LogP contribution in [0.15, 0.2) is 60.7 Å². The van der Waals surface area contributed by atoms with E-state index in [9.17, 15) is 26.4 Å². The summed E-state index contributed by atoms with van der Waals surface area (Å²) in [5, 5.41) is 3.52. The third kappa shape index (κ3) is 18.3. The molecular weight excluding hydrogens is 424 g/mol. The summed E-state index contributed by atoms with van der Waals surface area (Å²) in [6.07, 6.45) is 1.40. The summed E-state index contributed by atoms with van der Waals surface area (Å²) in [7, 11) is -9.24. The van der Waals surface area contributed by atoms with Crippen LogP contribution in [0.25, 0.3) is 0 Å². The molecule has 0 fully saturated rings. The Balaban J connectivity index is 0.000000407. The Morgan fingerprint density at radius 1 is 0.655 bits per heavy atom.